The van der Waals surface area contributed by atoms with Gasteiger partial charge in [0.25, 0.3) is 0 Å². The molecule has 0 bridgehead atoms. The largest absolute Gasteiger partial charge is 0.356 e. The fourth-order valence-corrected chi connectivity index (χ4v) is 1.32. The number of anilines is 1. The standard InChI is InChI=1S/C10H20N4/c1-3-11-6-5-7-12-10-13-8-9-14(10)4-2/h8-9,11H,3-7H2,1-2H3,(H,12,13). The number of hydrogen-bond donors (Lipinski definition) is 2. The third-order valence-electron chi connectivity index (χ3n) is 2.12. The molecule has 0 fully saturated rings. The average molecular weight is 196 g/mol. The Morgan fingerprint density at radius 2 is 2.21 bits per heavy atom. The monoisotopic (exact) mass is 196 g/mol. The van der Waals surface area contributed by atoms with E-state index in [2.05, 4.69) is 34.0 Å². The Morgan fingerprint density at radius 3 is 2.93 bits per heavy atom. The summed E-state index contributed by atoms with van der Waals surface area (Å²) in [5.41, 5.74) is 0. The third-order valence-corrected chi connectivity index (χ3v) is 2.12. The average Bonchev–Trinajstić information content (AvgIpc) is 2.65. The van der Waals surface area contributed by atoms with Gasteiger partial charge in [0.2, 0.25) is 5.95 Å². The summed E-state index contributed by atoms with van der Waals surface area (Å²) in [5, 5.41) is 6.60. The lowest BCUT2D eigenvalue weighted by Gasteiger charge is -2.07. The molecule has 0 saturated heterocycles. The van der Waals surface area contributed by atoms with E-state index in [1.807, 2.05) is 12.4 Å². The van der Waals surface area contributed by atoms with Crippen LogP contribution in [0.3, 0.4) is 0 Å². The summed E-state index contributed by atoms with van der Waals surface area (Å²) in [7, 11) is 0. The van der Waals surface area contributed by atoms with Crippen molar-refractivity contribution in [2.24, 2.45) is 0 Å². The molecule has 0 aliphatic heterocycles. The fraction of sp³-hybridized carbons (Fsp3) is 0.700. The lowest BCUT2D eigenvalue weighted by molar-refractivity contribution is 0.682. The molecule has 1 aromatic heterocycles. The van der Waals surface area contributed by atoms with Gasteiger partial charge in [0.05, 0.1) is 0 Å². The smallest absolute Gasteiger partial charge is 0.202 e. The number of aryl methyl sites for hydroxylation is 1. The summed E-state index contributed by atoms with van der Waals surface area (Å²) in [6, 6.07) is 0. The molecule has 14 heavy (non-hydrogen) atoms. The molecule has 1 aromatic rings. The van der Waals surface area contributed by atoms with Crippen molar-refractivity contribution in [3.63, 3.8) is 0 Å². The summed E-state index contributed by atoms with van der Waals surface area (Å²) in [5.74, 6) is 0.976. The molecule has 0 unspecified atom stereocenters. The summed E-state index contributed by atoms with van der Waals surface area (Å²) in [4.78, 5) is 4.24. The number of aromatic nitrogens is 2. The van der Waals surface area contributed by atoms with Crippen molar-refractivity contribution < 1.29 is 0 Å². The lowest BCUT2D eigenvalue weighted by Crippen LogP contribution is -2.18. The van der Waals surface area contributed by atoms with Crippen LogP contribution in [0, 0.1) is 0 Å². The van der Waals surface area contributed by atoms with Gasteiger partial charge in [0.15, 0.2) is 0 Å². The first-order chi connectivity index (χ1) is 6.88. The van der Waals surface area contributed by atoms with E-state index in [1.54, 1.807) is 0 Å². The molecule has 4 heteroatoms. The molecule has 2 N–H and O–H groups in total. The van der Waals surface area contributed by atoms with E-state index in [-0.39, 0.29) is 0 Å². The number of nitrogens with one attached hydrogen (secondary N) is 2. The normalized spacial score (nSPS) is 10.4. The number of nitrogens with zero attached hydrogens (tertiary/aromatic N) is 2. The minimum absolute atomic E-state index is 0.968. The molecule has 0 amide bonds. The highest BCUT2D eigenvalue weighted by Crippen LogP contribution is 2.02. The van der Waals surface area contributed by atoms with Gasteiger partial charge in [-0.3, -0.25) is 0 Å². The first-order valence-electron chi connectivity index (χ1n) is 5.34. The predicted molar refractivity (Wildman–Crippen MR) is 59.6 cm³/mol. The van der Waals surface area contributed by atoms with Crippen LogP contribution in [0.2, 0.25) is 0 Å². The van der Waals surface area contributed by atoms with Gasteiger partial charge in [0.1, 0.15) is 0 Å². The van der Waals surface area contributed by atoms with Crippen LogP contribution in [-0.2, 0) is 6.54 Å². The van der Waals surface area contributed by atoms with E-state index in [4.69, 9.17) is 0 Å². The van der Waals surface area contributed by atoms with Gasteiger partial charge in [-0.1, -0.05) is 6.92 Å². The minimum atomic E-state index is 0.968. The van der Waals surface area contributed by atoms with Crippen molar-refractivity contribution in [1.82, 2.24) is 14.9 Å². The van der Waals surface area contributed by atoms with Gasteiger partial charge in [-0.15, -0.1) is 0 Å². The van der Waals surface area contributed by atoms with Gasteiger partial charge < -0.3 is 15.2 Å². The van der Waals surface area contributed by atoms with Crippen molar-refractivity contribution in [3.8, 4) is 0 Å². The molecule has 0 spiro atoms. The van der Waals surface area contributed by atoms with Crippen molar-refractivity contribution in [1.29, 1.82) is 0 Å². The Labute approximate surface area is 85.7 Å². The van der Waals surface area contributed by atoms with Crippen LogP contribution >= 0.6 is 0 Å². The van der Waals surface area contributed by atoms with Gasteiger partial charge in [0, 0.05) is 25.5 Å². The van der Waals surface area contributed by atoms with Crippen LogP contribution in [0.25, 0.3) is 0 Å². The number of rotatable bonds is 7. The van der Waals surface area contributed by atoms with E-state index < -0.39 is 0 Å². The van der Waals surface area contributed by atoms with E-state index in [9.17, 15) is 0 Å². The first-order valence-corrected chi connectivity index (χ1v) is 5.34. The molecule has 80 valence electrons. The maximum absolute atomic E-state index is 4.24. The summed E-state index contributed by atoms with van der Waals surface area (Å²) >= 11 is 0. The molecule has 1 rings (SSSR count). The first kappa shape index (κ1) is 11.0. The van der Waals surface area contributed by atoms with Gasteiger partial charge in [-0.25, -0.2) is 4.98 Å². The fourth-order valence-electron chi connectivity index (χ4n) is 1.32. The van der Waals surface area contributed by atoms with Gasteiger partial charge >= 0.3 is 0 Å². The highest BCUT2D eigenvalue weighted by Gasteiger charge is 1.97. The van der Waals surface area contributed by atoms with Crippen LogP contribution in [0.5, 0.6) is 0 Å². The molecule has 4 nitrogen and oxygen atoms in total. The number of imidazole rings is 1. The highest BCUT2D eigenvalue weighted by molar-refractivity contribution is 5.25. The third kappa shape index (κ3) is 3.38. The highest BCUT2D eigenvalue weighted by atomic mass is 15.2. The van der Waals surface area contributed by atoms with Crippen molar-refractivity contribution in [3.05, 3.63) is 12.4 Å². The molecule has 1 heterocycles. The van der Waals surface area contributed by atoms with Gasteiger partial charge in [-0.05, 0) is 26.4 Å². The zero-order chi connectivity index (χ0) is 10.2. The van der Waals surface area contributed by atoms with E-state index in [0.29, 0.717) is 0 Å². The maximum Gasteiger partial charge on any atom is 0.202 e. The van der Waals surface area contributed by atoms with Gasteiger partial charge in [-0.2, -0.15) is 0 Å². The van der Waals surface area contributed by atoms with Crippen LogP contribution < -0.4 is 10.6 Å². The molecule has 0 aromatic carbocycles. The van der Waals surface area contributed by atoms with Crippen LogP contribution in [-0.4, -0.2) is 29.2 Å². The van der Waals surface area contributed by atoms with Crippen LogP contribution in [0.1, 0.15) is 20.3 Å². The van der Waals surface area contributed by atoms with E-state index in [0.717, 1.165) is 38.5 Å². The maximum atomic E-state index is 4.24. The zero-order valence-corrected chi connectivity index (χ0v) is 9.08. The Kier molecular flexibility index (Phi) is 5.07. The topological polar surface area (TPSA) is 41.9 Å². The Hall–Kier alpha value is -1.03. The second-order valence-electron chi connectivity index (χ2n) is 3.17. The molecule has 0 atom stereocenters. The van der Waals surface area contributed by atoms with Crippen molar-refractivity contribution in [2.45, 2.75) is 26.8 Å². The van der Waals surface area contributed by atoms with Crippen LogP contribution in [0.15, 0.2) is 12.4 Å². The minimum Gasteiger partial charge on any atom is -0.356 e. The molecular weight excluding hydrogens is 176 g/mol. The molecule has 0 aliphatic rings. The van der Waals surface area contributed by atoms with Crippen LogP contribution in [0.4, 0.5) is 5.95 Å². The lowest BCUT2D eigenvalue weighted by atomic mass is 10.4. The SMILES string of the molecule is CCNCCCNc1nccn1CC. The zero-order valence-electron chi connectivity index (χ0n) is 9.08. The van der Waals surface area contributed by atoms with Crippen molar-refractivity contribution in [2.75, 3.05) is 25.0 Å². The summed E-state index contributed by atoms with van der Waals surface area (Å²) < 4.78 is 2.10. The molecule has 0 saturated carbocycles. The quantitative estimate of drug-likeness (QED) is 0.646. The summed E-state index contributed by atoms with van der Waals surface area (Å²) in [6.07, 6.45) is 4.95. The second-order valence-corrected chi connectivity index (χ2v) is 3.17. The molecular formula is C10H20N4. The Balaban J connectivity index is 2.17. The predicted octanol–water partition coefficient (Wildman–Crippen LogP) is 1.31. The Bertz CT molecular complexity index is 244. The van der Waals surface area contributed by atoms with E-state index in [1.165, 1.54) is 0 Å². The van der Waals surface area contributed by atoms with E-state index >= 15 is 0 Å². The van der Waals surface area contributed by atoms with Crippen molar-refractivity contribution >= 4 is 5.95 Å². The molecule has 0 radical (unpaired) electrons. The molecule has 0 aliphatic carbocycles. The Morgan fingerprint density at radius 1 is 1.36 bits per heavy atom. The number of hydrogen-bond acceptors (Lipinski definition) is 3. The second kappa shape index (κ2) is 6.43. The summed E-state index contributed by atoms with van der Waals surface area (Å²) in [6.45, 7) is 8.29.